The Morgan fingerprint density at radius 3 is 2.86 bits per heavy atom. The minimum atomic E-state index is 0.0112. The number of hydrogen-bond acceptors (Lipinski definition) is 3. The Bertz CT molecular complexity index is 846. The van der Waals surface area contributed by atoms with E-state index in [0.29, 0.717) is 24.5 Å². The Morgan fingerprint density at radius 1 is 1.29 bits per heavy atom. The zero-order valence-corrected chi connectivity index (χ0v) is 17.6. The van der Waals surface area contributed by atoms with Gasteiger partial charge in [0.2, 0.25) is 0 Å². The van der Waals surface area contributed by atoms with E-state index in [9.17, 15) is 5.11 Å². The van der Waals surface area contributed by atoms with E-state index in [1.165, 1.54) is 27.8 Å². The third kappa shape index (κ3) is 3.35. The number of fused-ring (bicyclic) bond motifs is 4. The van der Waals surface area contributed by atoms with E-state index in [2.05, 4.69) is 62.5 Å². The van der Waals surface area contributed by atoms with E-state index >= 15 is 0 Å². The molecule has 2 N–H and O–H groups in total. The maximum absolute atomic E-state index is 9.48. The average molecular weight is 380 g/mol. The Hall–Kier alpha value is -1.84. The fourth-order valence-corrected chi connectivity index (χ4v) is 5.56. The highest BCUT2D eigenvalue weighted by atomic mass is 16.5. The van der Waals surface area contributed by atoms with Gasteiger partial charge in [0.25, 0.3) is 0 Å². The molecule has 1 aromatic carbocycles. The molecule has 4 rings (SSSR count). The van der Waals surface area contributed by atoms with Crippen LogP contribution in [0.25, 0.3) is 5.57 Å². The van der Waals surface area contributed by atoms with Crippen molar-refractivity contribution in [2.75, 3.05) is 13.2 Å². The molecule has 3 aliphatic rings. The number of nitrogens with one attached hydrogen (secondary N) is 1. The summed E-state index contributed by atoms with van der Waals surface area (Å²) in [5.41, 5.74) is 7.02. The topological polar surface area (TPSA) is 41.5 Å². The SMILES string of the molecule is CCOc1cccc2c1C1=C(C(CCCO)C2)C2C(C)=CC(C)(C)NC2C=C1. The highest BCUT2D eigenvalue weighted by Crippen LogP contribution is 2.50. The predicted octanol–water partition coefficient (Wildman–Crippen LogP) is 4.67. The molecule has 3 heteroatoms. The number of ether oxygens (including phenoxy) is 1. The van der Waals surface area contributed by atoms with E-state index in [4.69, 9.17) is 4.74 Å². The van der Waals surface area contributed by atoms with Crippen LogP contribution in [0.2, 0.25) is 0 Å². The van der Waals surface area contributed by atoms with Crippen molar-refractivity contribution >= 4 is 5.57 Å². The summed E-state index contributed by atoms with van der Waals surface area (Å²) in [6.45, 7) is 9.77. The number of hydrogen-bond donors (Lipinski definition) is 2. The van der Waals surface area contributed by atoms with Crippen LogP contribution in [0.5, 0.6) is 5.75 Å². The van der Waals surface area contributed by atoms with E-state index in [1.54, 1.807) is 0 Å². The zero-order valence-electron chi connectivity index (χ0n) is 17.6. The number of rotatable bonds is 5. The summed E-state index contributed by atoms with van der Waals surface area (Å²) in [6, 6.07) is 6.80. The van der Waals surface area contributed by atoms with Crippen molar-refractivity contribution in [2.24, 2.45) is 11.8 Å². The molecule has 0 amide bonds. The summed E-state index contributed by atoms with van der Waals surface area (Å²) in [7, 11) is 0. The average Bonchev–Trinajstić information content (AvgIpc) is 2.64. The third-order valence-electron chi connectivity index (χ3n) is 6.39. The molecule has 0 aromatic heterocycles. The van der Waals surface area contributed by atoms with Crippen molar-refractivity contribution in [1.29, 1.82) is 0 Å². The molecule has 0 saturated carbocycles. The van der Waals surface area contributed by atoms with Crippen LogP contribution in [-0.2, 0) is 6.42 Å². The predicted molar refractivity (Wildman–Crippen MR) is 115 cm³/mol. The molecule has 0 radical (unpaired) electrons. The van der Waals surface area contributed by atoms with Gasteiger partial charge >= 0.3 is 0 Å². The van der Waals surface area contributed by atoms with Gasteiger partial charge in [-0.1, -0.05) is 35.9 Å². The first-order chi connectivity index (χ1) is 13.4. The smallest absolute Gasteiger partial charge is 0.127 e. The Labute approximate surface area is 169 Å². The van der Waals surface area contributed by atoms with E-state index in [-0.39, 0.29) is 12.1 Å². The van der Waals surface area contributed by atoms with Gasteiger partial charge in [0.1, 0.15) is 5.75 Å². The van der Waals surface area contributed by atoms with Crippen molar-refractivity contribution in [1.82, 2.24) is 5.32 Å². The highest BCUT2D eigenvalue weighted by molar-refractivity contribution is 5.86. The van der Waals surface area contributed by atoms with Gasteiger partial charge in [-0.2, -0.15) is 0 Å². The summed E-state index contributed by atoms with van der Waals surface area (Å²) in [5.74, 6) is 1.86. The second-order valence-corrected chi connectivity index (χ2v) is 8.98. The fourth-order valence-electron chi connectivity index (χ4n) is 5.56. The van der Waals surface area contributed by atoms with Crippen LogP contribution in [0.15, 0.2) is 47.6 Å². The Kier molecular flexibility index (Phi) is 5.24. The van der Waals surface area contributed by atoms with Gasteiger partial charge < -0.3 is 15.2 Å². The number of aliphatic hydroxyl groups is 1. The van der Waals surface area contributed by atoms with E-state index in [0.717, 1.165) is 25.0 Å². The molecule has 0 bridgehead atoms. The number of allylic oxidation sites excluding steroid dienone is 2. The van der Waals surface area contributed by atoms with Crippen LogP contribution >= 0.6 is 0 Å². The van der Waals surface area contributed by atoms with Crippen molar-refractivity contribution in [3.63, 3.8) is 0 Å². The summed E-state index contributed by atoms with van der Waals surface area (Å²) < 4.78 is 6.03. The molecule has 3 nitrogen and oxygen atoms in total. The maximum Gasteiger partial charge on any atom is 0.127 e. The molecule has 150 valence electrons. The van der Waals surface area contributed by atoms with Crippen molar-refractivity contribution in [3.05, 3.63) is 58.7 Å². The lowest BCUT2D eigenvalue weighted by atomic mass is 9.64. The lowest BCUT2D eigenvalue weighted by Crippen LogP contribution is -2.53. The van der Waals surface area contributed by atoms with Gasteiger partial charge in [-0.05, 0) is 75.7 Å². The number of aliphatic hydroxyl groups excluding tert-OH is 1. The van der Waals surface area contributed by atoms with Crippen LogP contribution in [0.1, 0.15) is 51.7 Å². The van der Waals surface area contributed by atoms with Crippen LogP contribution in [0, 0.1) is 11.8 Å². The summed E-state index contributed by atoms with van der Waals surface area (Å²) in [4.78, 5) is 0. The molecular formula is C25H33NO2. The monoisotopic (exact) mass is 379 g/mol. The molecule has 28 heavy (non-hydrogen) atoms. The second-order valence-electron chi connectivity index (χ2n) is 8.98. The van der Waals surface area contributed by atoms with Gasteiger partial charge in [-0.3, -0.25) is 0 Å². The second kappa shape index (κ2) is 7.53. The lowest BCUT2D eigenvalue weighted by Gasteiger charge is -2.46. The summed E-state index contributed by atoms with van der Waals surface area (Å²) in [5, 5.41) is 13.3. The molecule has 0 fully saturated rings. The van der Waals surface area contributed by atoms with E-state index in [1.807, 2.05) is 6.92 Å². The van der Waals surface area contributed by atoms with Crippen LogP contribution < -0.4 is 10.1 Å². The first kappa shape index (κ1) is 19.5. The first-order valence-corrected chi connectivity index (χ1v) is 10.7. The summed E-state index contributed by atoms with van der Waals surface area (Å²) in [6.07, 6.45) is 9.98. The highest BCUT2D eigenvalue weighted by Gasteiger charge is 2.41. The van der Waals surface area contributed by atoms with Gasteiger partial charge in [-0.15, -0.1) is 0 Å². The normalized spacial score (nSPS) is 27.6. The number of benzene rings is 1. The van der Waals surface area contributed by atoms with Gasteiger partial charge in [0.05, 0.1) is 6.61 Å². The molecule has 0 spiro atoms. The van der Waals surface area contributed by atoms with Crippen LogP contribution in [0.3, 0.4) is 0 Å². The van der Waals surface area contributed by atoms with E-state index < -0.39 is 0 Å². The minimum absolute atomic E-state index is 0.0112. The molecule has 0 saturated heterocycles. The largest absolute Gasteiger partial charge is 0.493 e. The standard InChI is InChI=1S/C25H33NO2/c1-5-28-21-10-6-8-17-14-18(9-7-13-27)24-19(23(17)21)11-12-20-22(24)16(2)15-25(3,4)26-20/h6,8,10-12,15,18,20,22,26-27H,5,7,9,13-14H2,1-4H3. The molecular weight excluding hydrogens is 346 g/mol. The Morgan fingerprint density at radius 2 is 2.11 bits per heavy atom. The zero-order chi connectivity index (χ0) is 19.9. The molecule has 1 aromatic rings. The van der Waals surface area contributed by atoms with Crippen molar-refractivity contribution in [3.8, 4) is 5.75 Å². The lowest BCUT2D eigenvalue weighted by molar-refractivity contribution is 0.270. The molecule has 1 heterocycles. The molecule has 3 atom stereocenters. The van der Waals surface area contributed by atoms with Gasteiger partial charge in [-0.25, -0.2) is 0 Å². The third-order valence-corrected chi connectivity index (χ3v) is 6.39. The fraction of sp³-hybridized carbons (Fsp3) is 0.520. The van der Waals surface area contributed by atoms with Gasteiger partial charge in [0, 0.05) is 29.7 Å². The van der Waals surface area contributed by atoms with Crippen molar-refractivity contribution in [2.45, 2.75) is 58.5 Å². The Balaban J connectivity index is 1.88. The summed E-state index contributed by atoms with van der Waals surface area (Å²) >= 11 is 0. The van der Waals surface area contributed by atoms with Crippen LogP contribution in [-0.4, -0.2) is 29.9 Å². The molecule has 3 unspecified atom stereocenters. The maximum atomic E-state index is 9.48. The van der Waals surface area contributed by atoms with Gasteiger partial charge in [0.15, 0.2) is 0 Å². The van der Waals surface area contributed by atoms with Crippen LogP contribution in [0.4, 0.5) is 0 Å². The van der Waals surface area contributed by atoms with Crippen molar-refractivity contribution < 1.29 is 9.84 Å². The molecule has 1 aliphatic heterocycles. The molecule has 2 aliphatic carbocycles. The minimum Gasteiger partial charge on any atom is -0.493 e. The quantitative estimate of drug-likeness (QED) is 0.731. The first-order valence-electron chi connectivity index (χ1n) is 10.7.